The van der Waals surface area contributed by atoms with Gasteiger partial charge < -0.3 is 127 Å². The van der Waals surface area contributed by atoms with E-state index in [1.54, 1.807) is 30.5 Å². The molecule has 15 amide bonds. The van der Waals surface area contributed by atoms with Crippen molar-refractivity contribution in [3.63, 3.8) is 0 Å². The van der Waals surface area contributed by atoms with Gasteiger partial charge in [0.15, 0.2) is 5.78 Å². The summed E-state index contributed by atoms with van der Waals surface area (Å²) in [5.74, 6) is -30.8. The number of aliphatic hydroxyl groups is 1. The van der Waals surface area contributed by atoms with Gasteiger partial charge in [0.1, 0.15) is 72.6 Å². The van der Waals surface area contributed by atoms with Crippen LogP contribution < -0.4 is 91.6 Å². The van der Waals surface area contributed by atoms with Crippen molar-refractivity contribution < 1.29 is 131 Å². The van der Waals surface area contributed by atoms with Crippen LogP contribution in [-0.2, 0) is 107 Å². The van der Waals surface area contributed by atoms with E-state index < -0.39 is 267 Å². The summed E-state index contributed by atoms with van der Waals surface area (Å²) in [4.78, 5) is 290. The SMILES string of the molecule is CCCCCCCCCC(=O)N[C@@H](Cc1c[nH]c2ccccc12)C(=O)N[C@@H](CC(N)=O)C(=O)N[C@@H](CC(=O)O)C(=O)NC1C(=O)NCC(=O)N[C@@H](CCCNC(=O)CCN)C(=O)NC(CC(=O)O)C(=O)N[C@H](C)C(=O)N[C@@H](CC(=O)O)C(=O)NCC(=O)N[C@H](CO)C(=O)NC([C@H](C)CC(=O)O)C(=O)N[C@@H](CC(=O)c2ccccc2N)C(=O)OC1C. The van der Waals surface area contributed by atoms with E-state index in [1.807, 2.05) is 16.0 Å². The van der Waals surface area contributed by atoms with Crippen LogP contribution in [0.3, 0.4) is 0 Å². The lowest BCUT2D eigenvalue weighted by Gasteiger charge is -2.30. The number of carbonyl (C=O) groups excluding carboxylic acids is 17. The van der Waals surface area contributed by atoms with E-state index in [-0.39, 0.29) is 50.0 Å². The first kappa shape index (κ1) is 99.1. The second-order valence-electron chi connectivity index (χ2n) is 28.3. The molecule has 1 aromatic heterocycles. The molecule has 0 aliphatic carbocycles. The van der Waals surface area contributed by atoms with Gasteiger partial charge in [-0.3, -0.25) is 95.9 Å². The standard InChI is InChI=1S/C75H106N18O27/c1-5-6-7-8-9-10-11-22-56(98)85-46(27-40-33-80-44-20-15-13-17-41(40)44)69(113)88-47(29-54(78)96)70(114)90-50(32-62(107)108)71(115)93-64-39(4)120-75(119)51(28-53(95)42-18-12-14-19-43(42)77)91-74(118)63(37(2)26-59(101)102)92-72(116)52(36-94)86-58(100)34-81-66(110)48(30-60(103)104)87-65(109)38(3)83-68(112)49(31-61(105)106)89-67(111)45(84-57(99)35-82-73(64)117)21-16-25-79-55(97)23-24-76/h12-15,17-20,33,37-39,45-52,63-64,80,94H,5-11,16,21-32,34-36,76-77H2,1-4H3,(H2,78,96)(H,79,97)(H,81,110)(H,82,117)(H,83,112)(H,84,99)(H,85,98)(H,86,100)(H,87,109)(H,88,113)(H,89,111)(H,90,114)(H,91,118)(H,92,116)(H,93,115)(H,101,102)(H,103,104)(H,105,106)(H,107,108)/t37-,38-,39?,45+,46+,47+,48+,49?,50+,51+,52-,63?,64?/m1/s1. The summed E-state index contributed by atoms with van der Waals surface area (Å²) in [5.41, 5.74) is 17.8. The van der Waals surface area contributed by atoms with Crippen molar-refractivity contribution in [3.05, 3.63) is 65.9 Å². The highest BCUT2D eigenvalue weighted by molar-refractivity contribution is 6.05. The zero-order chi connectivity index (χ0) is 89.5. The van der Waals surface area contributed by atoms with E-state index in [0.29, 0.717) is 29.3 Å². The lowest BCUT2D eigenvalue weighted by Crippen LogP contribution is -2.62. The van der Waals surface area contributed by atoms with Crippen LogP contribution in [0.5, 0.6) is 0 Å². The molecule has 2 heterocycles. The van der Waals surface area contributed by atoms with E-state index in [2.05, 4.69) is 70.4 Å². The highest BCUT2D eigenvalue weighted by Gasteiger charge is 2.41. The Morgan fingerprint density at radius 3 is 1.70 bits per heavy atom. The number of nitrogen functional groups attached to an aromatic ring is 1. The fourth-order valence-electron chi connectivity index (χ4n) is 12.2. The van der Waals surface area contributed by atoms with Crippen LogP contribution in [0.4, 0.5) is 5.69 Å². The lowest BCUT2D eigenvalue weighted by atomic mass is 9.96. The molecule has 0 bridgehead atoms. The third kappa shape index (κ3) is 34.5. The van der Waals surface area contributed by atoms with Gasteiger partial charge in [-0.05, 0) is 62.8 Å². The molecule has 4 unspecified atom stereocenters. The third-order valence-electron chi connectivity index (χ3n) is 18.5. The number of unbranched alkanes of at least 4 members (excludes halogenated alkanes) is 6. The number of aliphatic hydroxyl groups excluding tert-OH is 1. The number of amides is 15. The maximum Gasteiger partial charge on any atom is 0.329 e. The number of Topliss-reactive ketones (excluding diaryl/α,β-unsaturated/α-hetero) is 1. The largest absolute Gasteiger partial charge is 0.481 e. The number of primary amides is 1. The predicted molar refractivity (Wildman–Crippen MR) is 418 cm³/mol. The van der Waals surface area contributed by atoms with Crippen LogP contribution >= 0.6 is 0 Å². The summed E-state index contributed by atoms with van der Waals surface area (Å²) >= 11 is 0. The number of rotatable bonds is 38. The normalized spacial score (nSPS) is 20.7. The molecule has 658 valence electrons. The van der Waals surface area contributed by atoms with Crippen LogP contribution in [0.25, 0.3) is 10.9 Å². The van der Waals surface area contributed by atoms with Crippen molar-refractivity contribution in [1.29, 1.82) is 0 Å². The molecule has 45 nitrogen and oxygen atoms in total. The van der Waals surface area contributed by atoms with Gasteiger partial charge in [-0.2, -0.15) is 0 Å². The van der Waals surface area contributed by atoms with Crippen molar-refractivity contribution in [2.24, 2.45) is 17.4 Å². The number of cyclic esters (lactones) is 1. The summed E-state index contributed by atoms with van der Waals surface area (Å²) in [7, 11) is 0. The fraction of sp³-hybridized carbons (Fsp3) is 0.533. The van der Waals surface area contributed by atoms with E-state index in [4.69, 9.17) is 21.9 Å². The number of fused-ring (bicyclic) bond motifs is 1. The molecular formula is C75H106N18O27. The summed E-state index contributed by atoms with van der Waals surface area (Å²) in [6.07, 6.45) is -2.96. The molecule has 0 saturated carbocycles. The molecule has 45 heteroatoms. The summed E-state index contributed by atoms with van der Waals surface area (Å²) in [5, 5.41) is 81.3. The van der Waals surface area contributed by atoms with Crippen molar-refractivity contribution in [1.82, 2.24) is 79.4 Å². The molecule has 3 aromatic rings. The maximum absolute atomic E-state index is 14.9. The van der Waals surface area contributed by atoms with Gasteiger partial charge in [0.05, 0.1) is 51.8 Å². The number of carboxylic acid groups (broad SMARTS) is 4. The average molecular weight is 1690 g/mol. The quantitative estimate of drug-likeness (QED) is 0.0110. The van der Waals surface area contributed by atoms with E-state index in [9.17, 15) is 126 Å². The number of nitrogens with two attached hydrogens (primary N) is 3. The number of H-pyrrole nitrogens is 1. The van der Waals surface area contributed by atoms with Crippen molar-refractivity contribution in [2.45, 2.75) is 216 Å². The van der Waals surface area contributed by atoms with Gasteiger partial charge in [0.2, 0.25) is 88.6 Å². The van der Waals surface area contributed by atoms with Crippen LogP contribution in [-0.4, -0.2) is 260 Å². The predicted octanol–water partition coefficient (Wildman–Crippen LogP) is -6.12. The third-order valence-corrected chi connectivity index (χ3v) is 18.5. The first-order valence-corrected chi connectivity index (χ1v) is 38.5. The number of aromatic amines is 1. The van der Waals surface area contributed by atoms with Crippen LogP contribution in [0.2, 0.25) is 0 Å². The van der Waals surface area contributed by atoms with Crippen molar-refractivity contribution in [3.8, 4) is 0 Å². The fourth-order valence-corrected chi connectivity index (χ4v) is 12.2. The van der Waals surface area contributed by atoms with Crippen molar-refractivity contribution in [2.75, 3.05) is 38.5 Å². The van der Waals surface area contributed by atoms with Gasteiger partial charge in [0, 0.05) is 67.1 Å². The van der Waals surface area contributed by atoms with Gasteiger partial charge in [-0.25, -0.2) is 4.79 Å². The second-order valence-corrected chi connectivity index (χ2v) is 28.3. The minimum atomic E-state index is -2.49. The Morgan fingerprint density at radius 1 is 0.542 bits per heavy atom. The van der Waals surface area contributed by atoms with Gasteiger partial charge in [-0.15, -0.1) is 0 Å². The molecule has 2 aromatic carbocycles. The topological polar surface area (TPSA) is 731 Å². The van der Waals surface area contributed by atoms with Gasteiger partial charge in [-0.1, -0.05) is 82.7 Å². The number of benzene rings is 2. The number of anilines is 1. The van der Waals surface area contributed by atoms with Crippen LogP contribution in [0.1, 0.15) is 153 Å². The maximum atomic E-state index is 14.9. The summed E-state index contributed by atoms with van der Waals surface area (Å²) in [6, 6.07) is -11.0. The molecule has 1 fully saturated rings. The number of ether oxygens (including phenoxy) is 1. The van der Waals surface area contributed by atoms with Crippen molar-refractivity contribution >= 4 is 141 Å². The Bertz CT molecular complexity index is 4210. The smallest absolute Gasteiger partial charge is 0.329 e. The summed E-state index contributed by atoms with van der Waals surface area (Å²) < 4.78 is 5.70. The Labute approximate surface area is 686 Å². The first-order valence-electron chi connectivity index (χ1n) is 38.5. The number of aromatic nitrogens is 1. The molecule has 4 rings (SSSR count). The van der Waals surface area contributed by atoms with Crippen LogP contribution in [0, 0.1) is 5.92 Å². The number of ketones is 1. The zero-order valence-electron chi connectivity index (χ0n) is 66.4. The Morgan fingerprint density at radius 2 is 1.09 bits per heavy atom. The Hall–Kier alpha value is -13.2. The molecule has 1 saturated heterocycles. The van der Waals surface area contributed by atoms with Crippen LogP contribution in [0.15, 0.2) is 54.7 Å². The minimum Gasteiger partial charge on any atom is -0.481 e. The highest BCUT2D eigenvalue weighted by atomic mass is 16.5. The molecule has 0 spiro atoms. The monoisotopic (exact) mass is 1690 g/mol. The number of esters is 1. The molecule has 1 aliphatic rings. The molecular weight excluding hydrogens is 1580 g/mol. The molecule has 0 radical (unpaired) electrons. The average Bonchev–Trinajstić information content (AvgIpc) is 1.68. The molecule has 120 heavy (non-hydrogen) atoms. The molecule has 26 N–H and O–H groups in total. The van der Waals surface area contributed by atoms with Gasteiger partial charge in [0.25, 0.3) is 0 Å². The number of nitrogens with one attached hydrogen (secondary N) is 15. The molecule has 1 aliphatic heterocycles. The number of para-hydroxylation sites is 2. The number of carbonyl (C=O) groups is 21. The highest BCUT2D eigenvalue weighted by Crippen LogP contribution is 2.22. The number of aliphatic carboxylic acids is 4. The van der Waals surface area contributed by atoms with Gasteiger partial charge >= 0.3 is 29.8 Å². The number of hydrogen-bond donors (Lipinski definition) is 23. The Kier molecular flexibility index (Phi) is 41.6. The molecule has 13 atom stereocenters. The Balaban J connectivity index is 1.91. The first-order chi connectivity index (χ1) is 56.7. The zero-order valence-corrected chi connectivity index (χ0v) is 66.4. The second kappa shape index (κ2) is 50.4. The van der Waals surface area contributed by atoms with E-state index in [1.165, 1.54) is 24.3 Å². The number of carboxylic acids is 4. The lowest BCUT2D eigenvalue weighted by molar-refractivity contribution is -0.156. The number of hydrogen-bond acceptors (Lipinski definition) is 25. The minimum absolute atomic E-state index is 0.0283. The summed E-state index contributed by atoms with van der Waals surface area (Å²) in [6.45, 7) is 0.845. The van der Waals surface area contributed by atoms with E-state index >= 15 is 0 Å². The van der Waals surface area contributed by atoms with E-state index in [0.717, 1.165) is 52.9 Å².